The lowest BCUT2D eigenvalue weighted by Crippen LogP contribution is -2.40. The molecule has 2 N–H and O–H groups in total. The highest BCUT2D eigenvalue weighted by Gasteiger charge is 2.28. The Bertz CT molecular complexity index is 881. The smallest absolute Gasteiger partial charge is 0.407 e. The average Bonchev–Trinajstić information content (AvgIpc) is 3.26. The zero-order valence-electron chi connectivity index (χ0n) is 17.9. The lowest BCUT2D eigenvalue weighted by atomic mass is 10.0. The molecule has 2 aromatic rings. The summed E-state index contributed by atoms with van der Waals surface area (Å²) in [6.07, 6.45) is 6.17. The Balaban J connectivity index is 1.46. The molecule has 2 saturated heterocycles. The number of carbonyl (C=O) groups excluding carboxylic acids is 1. The van der Waals surface area contributed by atoms with Gasteiger partial charge in [0, 0.05) is 30.9 Å². The van der Waals surface area contributed by atoms with E-state index in [2.05, 4.69) is 34.7 Å². The van der Waals surface area contributed by atoms with Gasteiger partial charge in [0.15, 0.2) is 5.65 Å². The molecule has 2 fully saturated rings. The summed E-state index contributed by atoms with van der Waals surface area (Å²) in [5.41, 5.74) is 2.54. The van der Waals surface area contributed by atoms with E-state index in [9.17, 15) is 4.79 Å². The van der Waals surface area contributed by atoms with E-state index < -0.39 is 5.60 Å². The van der Waals surface area contributed by atoms with Crippen LogP contribution in [0.4, 0.5) is 10.6 Å². The number of aromatic nitrogens is 3. The first-order valence-electron chi connectivity index (χ1n) is 10.6. The summed E-state index contributed by atoms with van der Waals surface area (Å²) in [6.45, 7) is 10.3. The maximum absolute atomic E-state index is 12.1. The number of hydrogen-bond donors (Lipinski definition) is 2. The van der Waals surface area contributed by atoms with Gasteiger partial charge in [0.25, 0.3) is 0 Å². The molecular weight excluding hydrogens is 368 g/mol. The Kier molecular flexibility index (Phi) is 5.38. The monoisotopic (exact) mass is 400 g/mol. The van der Waals surface area contributed by atoms with Crippen molar-refractivity contribution in [2.24, 2.45) is 0 Å². The van der Waals surface area contributed by atoms with E-state index in [1.807, 2.05) is 25.3 Å². The molecule has 4 heterocycles. The number of aryl methyl sites for hydroxylation is 1. The van der Waals surface area contributed by atoms with Crippen LogP contribution in [0.5, 0.6) is 0 Å². The van der Waals surface area contributed by atoms with Crippen molar-refractivity contribution in [3.8, 4) is 0 Å². The number of nitrogens with one attached hydrogen (secondary N) is 2. The third-order valence-electron chi connectivity index (χ3n) is 5.50. The van der Waals surface area contributed by atoms with Crippen LogP contribution in [0.2, 0.25) is 0 Å². The Labute approximate surface area is 172 Å². The van der Waals surface area contributed by atoms with Gasteiger partial charge in [0.1, 0.15) is 11.4 Å². The molecule has 0 saturated carbocycles. The van der Waals surface area contributed by atoms with Crippen LogP contribution in [0.3, 0.4) is 0 Å². The Morgan fingerprint density at radius 1 is 1.31 bits per heavy atom. The van der Waals surface area contributed by atoms with Gasteiger partial charge in [-0.15, -0.1) is 0 Å². The van der Waals surface area contributed by atoms with Crippen LogP contribution in [0, 0.1) is 6.92 Å². The fourth-order valence-electron chi connectivity index (χ4n) is 4.16. The maximum Gasteiger partial charge on any atom is 0.407 e. The number of ether oxygens (including phenoxy) is 1. The van der Waals surface area contributed by atoms with E-state index in [1.165, 1.54) is 12.8 Å². The molecular formula is C21H32N6O2. The number of amides is 1. The standard InChI is InChI=1S/C21H32N6O2/c1-14-12-27-18(11-17(25-27)16-7-5-6-9-22-16)24-19(14)26-10-8-15(13-26)23-20(28)29-21(2,3)4/h11-12,15-16,22H,5-10,13H2,1-4H3,(H,23,28)/t15-,16-/m0/s1. The van der Waals surface area contributed by atoms with Crippen LogP contribution in [-0.4, -0.2) is 52.0 Å². The zero-order valence-corrected chi connectivity index (χ0v) is 17.9. The van der Waals surface area contributed by atoms with Gasteiger partial charge in [-0.3, -0.25) is 0 Å². The zero-order chi connectivity index (χ0) is 20.6. The maximum atomic E-state index is 12.1. The molecule has 4 rings (SSSR count). The molecule has 8 heteroatoms. The summed E-state index contributed by atoms with van der Waals surface area (Å²) in [5.74, 6) is 0.967. The summed E-state index contributed by atoms with van der Waals surface area (Å²) in [5, 5.41) is 11.3. The highest BCUT2D eigenvalue weighted by atomic mass is 16.6. The molecule has 0 bridgehead atoms. The van der Waals surface area contributed by atoms with Crippen molar-refractivity contribution in [3.05, 3.63) is 23.5 Å². The predicted octanol–water partition coefficient (Wildman–Crippen LogP) is 2.96. The van der Waals surface area contributed by atoms with Gasteiger partial charge < -0.3 is 20.3 Å². The normalized spacial score (nSPS) is 22.8. The third-order valence-corrected chi connectivity index (χ3v) is 5.50. The number of piperidine rings is 1. The molecule has 29 heavy (non-hydrogen) atoms. The molecule has 0 unspecified atom stereocenters. The number of anilines is 1. The second-order valence-electron chi connectivity index (χ2n) is 9.20. The molecule has 2 aliphatic rings. The summed E-state index contributed by atoms with van der Waals surface area (Å²) in [4.78, 5) is 19.2. The summed E-state index contributed by atoms with van der Waals surface area (Å²) in [6, 6.07) is 2.48. The van der Waals surface area contributed by atoms with E-state index in [-0.39, 0.29) is 12.1 Å². The fourth-order valence-corrected chi connectivity index (χ4v) is 4.16. The van der Waals surface area contributed by atoms with Crippen LogP contribution < -0.4 is 15.5 Å². The van der Waals surface area contributed by atoms with Crippen LogP contribution in [0.15, 0.2) is 12.3 Å². The largest absolute Gasteiger partial charge is 0.444 e. The van der Waals surface area contributed by atoms with Crippen molar-refractivity contribution in [2.75, 3.05) is 24.5 Å². The first kappa shape index (κ1) is 19.9. The predicted molar refractivity (Wildman–Crippen MR) is 112 cm³/mol. The van der Waals surface area contributed by atoms with Gasteiger partial charge in [0.05, 0.1) is 17.8 Å². The topological polar surface area (TPSA) is 83.8 Å². The van der Waals surface area contributed by atoms with Gasteiger partial charge in [-0.05, 0) is 53.5 Å². The van der Waals surface area contributed by atoms with Crippen molar-refractivity contribution >= 4 is 17.6 Å². The number of fused-ring (bicyclic) bond motifs is 1. The number of nitrogens with zero attached hydrogens (tertiary/aromatic N) is 4. The van der Waals surface area contributed by atoms with E-state index in [0.717, 1.165) is 55.2 Å². The second kappa shape index (κ2) is 7.82. The molecule has 2 aromatic heterocycles. The second-order valence-corrected chi connectivity index (χ2v) is 9.20. The Hall–Kier alpha value is -2.35. The highest BCUT2D eigenvalue weighted by Crippen LogP contribution is 2.26. The molecule has 2 aliphatic heterocycles. The quantitative estimate of drug-likeness (QED) is 0.824. The van der Waals surface area contributed by atoms with Crippen molar-refractivity contribution in [3.63, 3.8) is 0 Å². The molecule has 158 valence electrons. The average molecular weight is 401 g/mol. The van der Waals surface area contributed by atoms with E-state index in [4.69, 9.17) is 14.8 Å². The third kappa shape index (κ3) is 4.63. The van der Waals surface area contributed by atoms with Gasteiger partial charge in [-0.2, -0.15) is 5.10 Å². The van der Waals surface area contributed by atoms with Crippen LogP contribution in [-0.2, 0) is 4.74 Å². The molecule has 0 spiro atoms. The van der Waals surface area contributed by atoms with Crippen molar-refractivity contribution in [1.29, 1.82) is 0 Å². The minimum atomic E-state index is -0.488. The molecule has 1 amide bonds. The summed E-state index contributed by atoms with van der Waals surface area (Å²) < 4.78 is 7.27. The van der Waals surface area contributed by atoms with Crippen molar-refractivity contribution in [2.45, 2.75) is 71.1 Å². The minimum absolute atomic E-state index is 0.0641. The number of alkyl carbamates (subject to hydrolysis) is 1. The fraction of sp³-hybridized carbons (Fsp3) is 0.667. The van der Waals surface area contributed by atoms with Gasteiger partial charge in [0.2, 0.25) is 0 Å². The molecule has 8 nitrogen and oxygen atoms in total. The highest BCUT2D eigenvalue weighted by molar-refractivity contribution is 5.68. The van der Waals surface area contributed by atoms with Crippen LogP contribution in [0.25, 0.3) is 5.65 Å². The van der Waals surface area contributed by atoms with Crippen LogP contribution in [0.1, 0.15) is 63.8 Å². The van der Waals surface area contributed by atoms with Gasteiger partial charge in [-0.1, -0.05) is 6.42 Å². The number of hydrogen-bond acceptors (Lipinski definition) is 6. The molecule has 2 atom stereocenters. The van der Waals surface area contributed by atoms with Crippen LogP contribution >= 0.6 is 0 Å². The van der Waals surface area contributed by atoms with E-state index in [1.54, 1.807) is 0 Å². The number of rotatable bonds is 3. The first-order valence-corrected chi connectivity index (χ1v) is 10.6. The van der Waals surface area contributed by atoms with E-state index in [0.29, 0.717) is 6.04 Å². The van der Waals surface area contributed by atoms with Gasteiger partial charge >= 0.3 is 6.09 Å². The Morgan fingerprint density at radius 2 is 2.14 bits per heavy atom. The lowest BCUT2D eigenvalue weighted by molar-refractivity contribution is 0.0509. The molecule has 0 aromatic carbocycles. The minimum Gasteiger partial charge on any atom is -0.444 e. The summed E-state index contributed by atoms with van der Waals surface area (Å²) >= 11 is 0. The van der Waals surface area contributed by atoms with Crippen molar-refractivity contribution in [1.82, 2.24) is 25.2 Å². The lowest BCUT2D eigenvalue weighted by Gasteiger charge is -2.22. The first-order chi connectivity index (χ1) is 13.8. The van der Waals surface area contributed by atoms with Crippen molar-refractivity contribution < 1.29 is 9.53 Å². The van der Waals surface area contributed by atoms with E-state index >= 15 is 0 Å². The number of carbonyl (C=O) groups is 1. The molecule has 0 radical (unpaired) electrons. The Morgan fingerprint density at radius 3 is 2.86 bits per heavy atom. The molecule has 0 aliphatic carbocycles. The SMILES string of the molecule is Cc1cn2nc([C@@H]3CCCCN3)cc2nc1N1CC[C@H](NC(=O)OC(C)(C)C)C1. The van der Waals surface area contributed by atoms with Gasteiger partial charge in [-0.25, -0.2) is 14.3 Å². The summed E-state index contributed by atoms with van der Waals surface area (Å²) in [7, 11) is 0.